The minimum atomic E-state index is -5.31. The molecule has 0 spiro atoms. The predicted molar refractivity (Wildman–Crippen MR) is 110 cm³/mol. The lowest BCUT2D eigenvalue weighted by Gasteiger charge is -2.28. The molecular formula is C20H25F3N2O7S. The number of morpholine rings is 1. The van der Waals surface area contributed by atoms with Gasteiger partial charge in [0, 0.05) is 32.7 Å². The number of esters is 2. The van der Waals surface area contributed by atoms with Crippen LogP contribution in [0.3, 0.4) is 0 Å². The summed E-state index contributed by atoms with van der Waals surface area (Å²) in [5, 5.41) is 0. The quantitative estimate of drug-likeness (QED) is 0.299. The van der Waals surface area contributed by atoms with Gasteiger partial charge in [0.25, 0.3) is 0 Å². The monoisotopic (exact) mass is 494 g/mol. The molecule has 0 bridgehead atoms. The lowest BCUT2D eigenvalue weighted by Crippen LogP contribution is -2.41. The molecule has 1 saturated heterocycles. The lowest BCUT2D eigenvalue weighted by atomic mass is 10.1. The van der Waals surface area contributed by atoms with Gasteiger partial charge in [0.2, 0.25) is 11.3 Å². The molecule has 2 aliphatic rings. The van der Waals surface area contributed by atoms with E-state index in [0.717, 1.165) is 25.9 Å². The fraction of sp³-hybridized carbons (Fsp3) is 0.600. The first-order valence-electron chi connectivity index (χ1n) is 10.4. The summed E-state index contributed by atoms with van der Waals surface area (Å²) in [4.78, 5) is 25.3. The second-order valence-electron chi connectivity index (χ2n) is 7.81. The Morgan fingerprint density at radius 3 is 2.55 bits per heavy atom. The zero-order valence-corrected chi connectivity index (χ0v) is 18.5. The third kappa shape index (κ3) is 8.03. The number of carbonyl (C=O) groups is 2. The highest BCUT2D eigenvalue weighted by Gasteiger charge is 2.43. The van der Waals surface area contributed by atoms with E-state index >= 15 is 0 Å². The Hall–Kier alpha value is -2.06. The van der Waals surface area contributed by atoms with Gasteiger partial charge in [-0.15, -0.1) is 0 Å². The van der Waals surface area contributed by atoms with Crippen molar-refractivity contribution in [1.29, 1.82) is 0 Å². The maximum Gasteiger partial charge on any atom is 0.491 e. The second kappa shape index (κ2) is 11.4. The maximum absolute atomic E-state index is 12.5. The van der Waals surface area contributed by atoms with Gasteiger partial charge in [0.1, 0.15) is 11.3 Å². The number of rotatable bonds is 10. The molecule has 1 unspecified atom stereocenters. The highest BCUT2D eigenvalue weighted by Crippen LogP contribution is 2.31. The van der Waals surface area contributed by atoms with Crippen molar-refractivity contribution in [2.45, 2.75) is 25.6 Å². The van der Waals surface area contributed by atoms with Crippen LogP contribution in [0.1, 0.15) is 28.8 Å². The second-order valence-corrected chi connectivity index (χ2v) is 8.79. The molecule has 184 valence electrons. The number of halogens is 3. The van der Waals surface area contributed by atoms with Crippen LogP contribution in [0.2, 0.25) is 0 Å². The first-order chi connectivity index (χ1) is 15.6. The van der Waals surface area contributed by atoms with Crippen molar-refractivity contribution in [2.24, 2.45) is 5.92 Å². The van der Waals surface area contributed by atoms with Crippen molar-refractivity contribution < 1.29 is 45.7 Å². The average Bonchev–Trinajstić information content (AvgIpc) is 3.59. The molecule has 13 heteroatoms. The SMILES string of the molecule is O=C(OC(=O)C(F)(F)F)c1ccc(CN(CCN2CCOCC2)S(=O)O)cc1OCC1CC1. The molecule has 0 aromatic heterocycles. The van der Waals surface area contributed by atoms with Crippen molar-refractivity contribution >= 4 is 23.2 Å². The lowest BCUT2D eigenvalue weighted by molar-refractivity contribution is -0.193. The Balaban J connectivity index is 1.71. The van der Waals surface area contributed by atoms with Gasteiger partial charge in [-0.1, -0.05) is 6.07 Å². The fourth-order valence-electron chi connectivity index (χ4n) is 3.14. The van der Waals surface area contributed by atoms with E-state index in [1.165, 1.54) is 22.5 Å². The van der Waals surface area contributed by atoms with Crippen LogP contribution >= 0.6 is 0 Å². The Morgan fingerprint density at radius 2 is 1.94 bits per heavy atom. The molecule has 1 heterocycles. The molecule has 33 heavy (non-hydrogen) atoms. The van der Waals surface area contributed by atoms with E-state index < -0.39 is 29.4 Å². The highest BCUT2D eigenvalue weighted by molar-refractivity contribution is 7.76. The minimum Gasteiger partial charge on any atom is -0.492 e. The molecule has 1 saturated carbocycles. The van der Waals surface area contributed by atoms with Crippen LogP contribution in [-0.2, 0) is 32.1 Å². The van der Waals surface area contributed by atoms with E-state index in [0.29, 0.717) is 25.3 Å². The fourth-order valence-corrected chi connectivity index (χ4v) is 3.63. The van der Waals surface area contributed by atoms with E-state index in [2.05, 4.69) is 9.64 Å². The summed E-state index contributed by atoms with van der Waals surface area (Å²) in [6, 6.07) is 4.00. The van der Waals surface area contributed by atoms with E-state index in [-0.39, 0.29) is 36.9 Å². The van der Waals surface area contributed by atoms with Crippen LogP contribution in [0.4, 0.5) is 13.2 Å². The van der Waals surface area contributed by atoms with E-state index in [4.69, 9.17) is 9.47 Å². The summed E-state index contributed by atoms with van der Waals surface area (Å²) in [6.45, 7) is 3.75. The highest BCUT2D eigenvalue weighted by atomic mass is 32.2. The number of alkyl halides is 3. The van der Waals surface area contributed by atoms with Gasteiger partial charge in [-0.25, -0.2) is 13.8 Å². The number of carbonyl (C=O) groups excluding carboxylic acids is 2. The van der Waals surface area contributed by atoms with E-state index in [1.807, 2.05) is 0 Å². The van der Waals surface area contributed by atoms with Crippen molar-refractivity contribution in [3.8, 4) is 5.75 Å². The van der Waals surface area contributed by atoms with Crippen LogP contribution in [-0.4, -0.2) is 82.1 Å². The van der Waals surface area contributed by atoms with Crippen molar-refractivity contribution in [1.82, 2.24) is 9.21 Å². The Labute approximate surface area is 191 Å². The summed E-state index contributed by atoms with van der Waals surface area (Å²) < 4.78 is 75.0. The molecule has 1 aliphatic carbocycles. The molecular weight excluding hydrogens is 469 g/mol. The molecule has 1 aromatic rings. The zero-order chi connectivity index (χ0) is 24.0. The molecule has 0 amide bonds. The largest absolute Gasteiger partial charge is 0.492 e. The number of hydrogen-bond donors (Lipinski definition) is 1. The molecule has 1 aromatic carbocycles. The Kier molecular flexibility index (Phi) is 8.82. The summed E-state index contributed by atoms with van der Waals surface area (Å²) >= 11 is -2.27. The Bertz CT molecular complexity index is 874. The zero-order valence-electron chi connectivity index (χ0n) is 17.7. The number of benzene rings is 1. The van der Waals surface area contributed by atoms with E-state index in [1.54, 1.807) is 0 Å². The number of ether oxygens (including phenoxy) is 3. The van der Waals surface area contributed by atoms with Gasteiger partial charge >= 0.3 is 18.1 Å². The molecule has 3 rings (SSSR count). The number of hydrogen-bond acceptors (Lipinski definition) is 7. The van der Waals surface area contributed by atoms with Crippen molar-refractivity contribution in [3.63, 3.8) is 0 Å². The summed E-state index contributed by atoms with van der Waals surface area (Å²) in [7, 11) is 0. The van der Waals surface area contributed by atoms with Crippen LogP contribution in [0.5, 0.6) is 5.75 Å². The van der Waals surface area contributed by atoms with Gasteiger partial charge < -0.3 is 14.2 Å². The smallest absolute Gasteiger partial charge is 0.491 e. The van der Waals surface area contributed by atoms with Gasteiger partial charge in [-0.2, -0.15) is 17.5 Å². The third-order valence-electron chi connectivity index (χ3n) is 5.20. The van der Waals surface area contributed by atoms with Crippen LogP contribution in [0.25, 0.3) is 0 Å². The molecule has 0 radical (unpaired) electrons. The van der Waals surface area contributed by atoms with Crippen molar-refractivity contribution in [3.05, 3.63) is 29.3 Å². The maximum atomic E-state index is 12.5. The summed E-state index contributed by atoms with van der Waals surface area (Å²) in [6.07, 6.45) is -3.44. The predicted octanol–water partition coefficient (Wildman–Crippen LogP) is 1.99. The average molecular weight is 494 g/mol. The van der Waals surface area contributed by atoms with Gasteiger partial charge in [0.15, 0.2) is 0 Å². The van der Waals surface area contributed by atoms with Crippen LogP contribution in [0, 0.1) is 5.92 Å². The van der Waals surface area contributed by atoms with Crippen LogP contribution < -0.4 is 4.74 Å². The van der Waals surface area contributed by atoms with Gasteiger partial charge in [0.05, 0.1) is 19.8 Å². The summed E-state index contributed by atoms with van der Waals surface area (Å²) in [5.41, 5.74) is 0.172. The number of nitrogens with zero attached hydrogens (tertiary/aromatic N) is 2. The van der Waals surface area contributed by atoms with Gasteiger partial charge in [-0.3, -0.25) is 9.45 Å². The molecule has 9 nitrogen and oxygen atoms in total. The Morgan fingerprint density at radius 1 is 1.24 bits per heavy atom. The van der Waals surface area contributed by atoms with E-state index in [9.17, 15) is 31.5 Å². The summed E-state index contributed by atoms with van der Waals surface area (Å²) in [5.74, 6) is -3.86. The van der Waals surface area contributed by atoms with Gasteiger partial charge in [-0.05, 0) is 36.5 Å². The molecule has 1 atom stereocenters. The van der Waals surface area contributed by atoms with Crippen LogP contribution in [0.15, 0.2) is 18.2 Å². The van der Waals surface area contributed by atoms with Crippen molar-refractivity contribution in [2.75, 3.05) is 46.0 Å². The molecule has 1 N–H and O–H groups in total. The minimum absolute atomic E-state index is 0.0318. The standard InChI is InChI=1S/C20H25F3N2O7S/c21-20(22,23)19(27)32-18(26)16-4-3-15(11-17(16)31-13-14-1-2-14)12-25(33(28)29)6-5-24-7-9-30-10-8-24/h3-4,11,14H,1-2,5-10,12-13H2,(H,28,29). The third-order valence-corrected chi connectivity index (χ3v) is 5.96. The molecule has 1 aliphatic heterocycles. The topological polar surface area (TPSA) is 106 Å². The normalized spacial score (nSPS) is 18.2. The molecule has 2 fully saturated rings. The first-order valence-corrected chi connectivity index (χ1v) is 11.4. The first kappa shape index (κ1) is 25.6.